The summed E-state index contributed by atoms with van der Waals surface area (Å²) in [6.07, 6.45) is 39.0. The Kier molecular flexibility index (Phi) is 16.9. The number of esters is 1. The summed E-state index contributed by atoms with van der Waals surface area (Å²) in [5.41, 5.74) is -0.0166. The fourth-order valence-corrected chi connectivity index (χ4v) is 11.2. The molecule has 0 atom stereocenters. The van der Waals surface area contributed by atoms with E-state index in [9.17, 15) is 4.79 Å². The summed E-state index contributed by atoms with van der Waals surface area (Å²) >= 11 is 0. The van der Waals surface area contributed by atoms with Crippen LogP contribution in [0.3, 0.4) is 0 Å². The molecule has 4 heteroatoms. The zero-order chi connectivity index (χ0) is 33.4. The Morgan fingerprint density at radius 1 is 0.562 bits per heavy atom. The first-order valence-corrected chi connectivity index (χ1v) is 21.9. The summed E-state index contributed by atoms with van der Waals surface area (Å²) in [5, 5.41) is 0. The molecular formula is C44H78O4. The fourth-order valence-electron chi connectivity index (χ4n) is 11.2. The second kappa shape index (κ2) is 21.0. The maximum absolute atomic E-state index is 13.3. The molecule has 0 unspecified atom stereocenters. The van der Waals surface area contributed by atoms with Crippen LogP contribution < -0.4 is 0 Å². The molecule has 278 valence electrons. The van der Waals surface area contributed by atoms with Gasteiger partial charge in [-0.25, -0.2) is 0 Å². The molecular weight excluding hydrogens is 592 g/mol. The highest BCUT2D eigenvalue weighted by molar-refractivity contribution is 5.72. The van der Waals surface area contributed by atoms with Crippen LogP contribution in [0.4, 0.5) is 0 Å². The van der Waals surface area contributed by atoms with Gasteiger partial charge in [-0.05, 0) is 125 Å². The maximum Gasteiger partial charge on any atom is 0.308 e. The number of unbranched alkanes of at least 4 members (excludes halogenated alkanes) is 4. The van der Waals surface area contributed by atoms with Crippen molar-refractivity contribution >= 4 is 5.97 Å². The van der Waals surface area contributed by atoms with E-state index in [1.807, 2.05) is 0 Å². The van der Waals surface area contributed by atoms with Crippen molar-refractivity contribution in [3.63, 3.8) is 0 Å². The number of rotatable bonds is 18. The van der Waals surface area contributed by atoms with Crippen molar-refractivity contribution in [1.82, 2.24) is 0 Å². The lowest BCUT2D eigenvalue weighted by Gasteiger charge is -2.39. The van der Waals surface area contributed by atoms with Crippen LogP contribution in [0.2, 0.25) is 0 Å². The average molecular weight is 671 g/mol. The zero-order valence-corrected chi connectivity index (χ0v) is 31.9. The smallest absolute Gasteiger partial charge is 0.308 e. The molecule has 5 aliphatic rings. The molecule has 5 rings (SSSR count). The Hall–Kier alpha value is -0.610. The highest BCUT2D eigenvalue weighted by Gasteiger charge is 2.37. The number of carbonyl (C=O) groups is 1. The van der Waals surface area contributed by atoms with Gasteiger partial charge in [-0.15, -0.1) is 0 Å². The van der Waals surface area contributed by atoms with E-state index < -0.39 is 0 Å². The second-order valence-electron chi connectivity index (χ2n) is 18.0. The molecule has 0 N–H and O–H groups in total. The lowest BCUT2D eigenvalue weighted by molar-refractivity contribution is -0.162. The van der Waals surface area contributed by atoms with Crippen LogP contribution in [0.1, 0.15) is 200 Å². The van der Waals surface area contributed by atoms with Crippen LogP contribution in [0.15, 0.2) is 0 Å². The van der Waals surface area contributed by atoms with Crippen LogP contribution in [0, 0.1) is 46.8 Å². The summed E-state index contributed by atoms with van der Waals surface area (Å²) in [7, 11) is 0. The first-order valence-electron chi connectivity index (χ1n) is 21.9. The van der Waals surface area contributed by atoms with E-state index >= 15 is 0 Å². The van der Waals surface area contributed by atoms with E-state index in [2.05, 4.69) is 13.8 Å². The van der Waals surface area contributed by atoms with E-state index in [-0.39, 0.29) is 17.3 Å². The Bertz CT molecular complexity index is 849. The minimum Gasteiger partial charge on any atom is -0.465 e. The maximum atomic E-state index is 13.3. The van der Waals surface area contributed by atoms with E-state index in [0.29, 0.717) is 26.1 Å². The number of hydrogen-bond donors (Lipinski definition) is 0. The number of hydrogen-bond acceptors (Lipinski definition) is 4. The average Bonchev–Trinajstić information content (AvgIpc) is 3.14. The van der Waals surface area contributed by atoms with Gasteiger partial charge in [-0.3, -0.25) is 4.79 Å². The first kappa shape index (κ1) is 38.6. The van der Waals surface area contributed by atoms with Crippen LogP contribution in [0.25, 0.3) is 0 Å². The highest BCUT2D eigenvalue weighted by atomic mass is 16.7. The minimum atomic E-state index is -0.0166. The molecule has 0 amide bonds. The second-order valence-corrected chi connectivity index (χ2v) is 18.0. The van der Waals surface area contributed by atoms with E-state index in [4.69, 9.17) is 14.2 Å². The van der Waals surface area contributed by atoms with Crippen molar-refractivity contribution in [2.45, 2.75) is 206 Å². The third-order valence-corrected chi connectivity index (χ3v) is 14.6. The molecule has 0 saturated heterocycles. The summed E-state index contributed by atoms with van der Waals surface area (Å²) in [4.78, 5) is 13.3. The molecule has 0 aromatic carbocycles. The molecule has 0 spiro atoms. The van der Waals surface area contributed by atoms with Gasteiger partial charge in [0.25, 0.3) is 0 Å². The summed E-state index contributed by atoms with van der Waals surface area (Å²) in [5.74, 6) is 5.86. The van der Waals surface area contributed by atoms with Gasteiger partial charge >= 0.3 is 5.97 Å². The Morgan fingerprint density at radius 3 is 1.54 bits per heavy atom. The molecule has 0 aromatic rings. The third kappa shape index (κ3) is 12.3. The van der Waals surface area contributed by atoms with E-state index in [1.54, 1.807) is 0 Å². The molecule has 5 fully saturated rings. The Labute approximate surface area is 297 Å². The third-order valence-electron chi connectivity index (χ3n) is 14.6. The van der Waals surface area contributed by atoms with Crippen molar-refractivity contribution in [2.75, 3.05) is 20.0 Å². The zero-order valence-electron chi connectivity index (χ0n) is 31.9. The minimum absolute atomic E-state index is 0.0166. The highest BCUT2D eigenvalue weighted by Crippen LogP contribution is 2.44. The number of ether oxygens (including phenoxy) is 3. The van der Waals surface area contributed by atoms with E-state index in [1.165, 1.54) is 161 Å². The SMILES string of the molecule is CCCCCC1CCC(C2CCC(OCOCC3(COC(=O)C4CCC(C5CCC(CCCCC)CC5)CC4)CCCCC3)CC2)CC1. The van der Waals surface area contributed by atoms with Gasteiger partial charge < -0.3 is 14.2 Å². The Morgan fingerprint density at radius 2 is 1.04 bits per heavy atom. The van der Waals surface area contributed by atoms with Crippen LogP contribution in [-0.2, 0) is 19.0 Å². The quantitative estimate of drug-likeness (QED) is 0.0827. The molecule has 0 aliphatic heterocycles. The Balaban J connectivity index is 0.938. The fraction of sp³-hybridized carbons (Fsp3) is 0.977. The van der Waals surface area contributed by atoms with Gasteiger partial charge in [-0.2, -0.15) is 0 Å². The van der Waals surface area contributed by atoms with E-state index in [0.717, 1.165) is 61.2 Å². The molecule has 0 bridgehead atoms. The number of carbonyl (C=O) groups excluding carboxylic acids is 1. The van der Waals surface area contributed by atoms with Gasteiger partial charge in [0.1, 0.15) is 6.79 Å². The largest absolute Gasteiger partial charge is 0.465 e. The van der Waals surface area contributed by atoms with Gasteiger partial charge in [-0.1, -0.05) is 110 Å². The summed E-state index contributed by atoms with van der Waals surface area (Å²) in [6.45, 7) is 6.25. The van der Waals surface area contributed by atoms with Crippen molar-refractivity contribution in [1.29, 1.82) is 0 Å². The van der Waals surface area contributed by atoms with Gasteiger partial charge in [0.05, 0.1) is 25.2 Å². The predicted molar refractivity (Wildman–Crippen MR) is 199 cm³/mol. The van der Waals surface area contributed by atoms with Crippen LogP contribution in [0.5, 0.6) is 0 Å². The lowest BCUT2D eigenvalue weighted by atomic mass is 9.68. The van der Waals surface area contributed by atoms with Crippen molar-refractivity contribution in [2.24, 2.45) is 46.8 Å². The van der Waals surface area contributed by atoms with Crippen LogP contribution >= 0.6 is 0 Å². The molecule has 5 aliphatic carbocycles. The van der Waals surface area contributed by atoms with Gasteiger partial charge in [0.15, 0.2) is 0 Å². The molecule has 5 saturated carbocycles. The van der Waals surface area contributed by atoms with Gasteiger partial charge in [0.2, 0.25) is 0 Å². The molecule has 0 aromatic heterocycles. The predicted octanol–water partition coefficient (Wildman–Crippen LogP) is 12.6. The first-order chi connectivity index (χ1) is 23.6. The molecule has 4 nitrogen and oxygen atoms in total. The van der Waals surface area contributed by atoms with Crippen LogP contribution in [-0.4, -0.2) is 32.1 Å². The van der Waals surface area contributed by atoms with Crippen molar-refractivity contribution in [3.8, 4) is 0 Å². The molecule has 48 heavy (non-hydrogen) atoms. The lowest BCUT2D eigenvalue weighted by Crippen LogP contribution is -2.37. The van der Waals surface area contributed by atoms with Crippen molar-refractivity contribution in [3.05, 3.63) is 0 Å². The topological polar surface area (TPSA) is 44.8 Å². The van der Waals surface area contributed by atoms with Gasteiger partial charge in [0, 0.05) is 5.41 Å². The molecule has 0 radical (unpaired) electrons. The molecule has 0 heterocycles. The summed E-state index contributed by atoms with van der Waals surface area (Å²) < 4.78 is 18.7. The monoisotopic (exact) mass is 671 g/mol. The summed E-state index contributed by atoms with van der Waals surface area (Å²) in [6, 6.07) is 0. The van der Waals surface area contributed by atoms with Crippen molar-refractivity contribution < 1.29 is 19.0 Å². The normalized spacial score (nSPS) is 34.5. The standard InChI is InChI=1S/C44H78O4/c1-3-5-8-12-35-14-18-37(19-15-35)39-22-24-41(25-23-39)43(45)47-33-44(30-10-7-11-31-44)32-46-34-48-42-28-26-40(27-29-42)38-20-16-36(17-21-38)13-9-6-4-2/h35-42H,3-34H2,1-2H3.